The topological polar surface area (TPSA) is 86.7 Å². The first-order valence-electron chi connectivity index (χ1n) is 9.23. The Balaban J connectivity index is 1.72. The zero-order valence-electron chi connectivity index (χ0n) is 15.7. The van der Waals surface area contributed by atoms with Crippen molar-refractivity contribution in [2.45, 2.75) is 11.3 Å². The molecule has 30 heavy (non-hydrogen) atoms. The van der Waals surface area contributed by atoms with Gasteiger partial charge in [-0.05, 0) is 36.8 Å². The van der Waals surface area contributed by atoms with Gasteiger partial charge in [0.15, 0.2) is 0 Å². The summed E-state index contributed by atoms with van der Waals surface area (Å²) in [5, 5.41) is 11.3. The summed E-state index contributed by atoms with van der Waals surface area (Å²) in [7, 11) is -3.91. The van der Waals surface area contributed by atoms with Gasteiger partial charge < -0.3 is 10.0 Å². The molecule has 1 fully saturated rings. The molecule has 3 aromatic carbocycles. The molecule has 3 aromatic rings. The monoisotopic (exact) mass is 464 g/mol. The Kier molecular flexibility index (Phi) is 5.53. The number of hydrogen-bond donors (Lipinski definition) is 2. The van der Waals surface area contributed by atoms with E-state index in [2.05, 4.69) is 4.72 Å². The highest BCUT2D eigenvalue weighted by Crippen LogP contribution is 2.36. The number of hydrogen-bond acceptors (Lipinski definition) is 4. The van der Waals surface area contributed by atoms with Crippen LogP contribution in [0.4, 0.5) is 11.4 Å². The maximum atomic E-state index is 12.9. The predicted molar refractivity (Wildman–Crippen MR) is 119 cm³/mol. The van der Waals surface area contributed by atoms with Crippen molar-refractivity contribution in [2.75, 3.05) is 22.7 Å². The fourth-order valence-corrected chi connectivity index (χ4v) is 5.52. The first-order chi connectivity index (χ1) is 14.2. The molecule has 1 saturated heterocycles. The molecule has 1 aliphatic rings. The maximum absolute atomic E-state index is 12.9. The first-order valence-corrected chi connectivity index (χ1v) is 11.5. The first kappa shape index (κ1) is 20.8. The van der Waals surface area contributed by atoms with E-state index in [1.807, 2.05) is 35.2 Å². The summed E-state index contributed by atoms with van der Waals surface area (Å²) in [4.78, 5) is 13.3. The molecule has 1 aliphatic heterocycles. The number of rotatable bonds is 5. The highest BCUT2D eigenvalue weighted by molar-refractivity contribution is 7.92. The standard InChI is InChI=1S/C21H18Cl2N2O4S/c22-14-9-15(23)11-16(10-14)30(28,29)24-19-5-6-20(18-4-2-1-3-17(18)19)25-8-7-13(12-25)21(26)27/h1-6,9-11,13,24H,7-8,12H2,(H,26,27)/t13-/m0/s1. The molecule has 0 spiro atoms. The summed E-state index contributed by atoms with van der Waals surface area (Å²) in [5.41, 5.74) is 1.29. The molecule has 1 atom stereocenters. The summed E-state index contributed by atoms with van der Waals surface area (Å²) in [6.07, 6.45) is 0.577. The van der Waals surface area contributed by atoms with E-state index in [0.717, 1.165) is 11.1 Å². The van der Waals surface area contributed by atoms with Crippen LogP contribution in [0.3, 0.4) is 0 Å². The number of fused-ring (bicyclic) bond motifs is 1. The molecule has 0 amide bonds. The van der Waals surface area contributed by atoms with Crippen LogP contribution in [0.1, 0.15) is 6.42 Å². The minimum absolute atomic E-state index is 0.0306. The predicted octanol–water partition coefficient (Wildman–Crippen LogP) is 4.86. The Morgan fingerprint density at radius 3 is 2.33 bits per heavy atom. The van der Waals surface area contributed by atoms with E-state index in [4.69, 9.17) is 23.2 Å². The molecule has 1 heterocycles. The van der Waals surface area contributed by atoms with Crippen molar-refractivity contribution in [3.8, 4) is 0 Å². The molecule has 0 aromatic heterocycles. The van der Waals surface area contributed by atoms with Crippen molar-refractivity contribution in [1.29, 1.82) is 0 Å². The molecule has 4 rings (SSSR count). The van der Waals surface area contributed by atoms with E-state index in [1.54, 1.807) is 6.07 Å². The lowest BCUT2D eigenvalue weighted by Crippen LogP contribution is -2.23. The zero-order valence-corrected chi connectivity index (χ0v) is 18.0. The number of aliphatic carboxylic acids is 1. The normalized spacial score (nSPS) is 16.7. The van der Waals surface area contributed by atoms with Crippen LogP contribution in [0, 0.1) is 5.92 Å². The maximum Gasteiger partial charge on any atom is 0.308 e. The van der Waals surface area contributed by atoms with Gasteiger partial charge in [0.1, 0.15) is 0 Å². The highest BCUT2D eigenvalue weighted by atomic mass is 35.5. The highest BCUT2D eigenvalue weighted by Gasteiger charge is 2.29. The van der Waals surface area contributed by atoms with Crippen LogP contribution < -0.4 is 9.62 Å². The van der Waals surface area contributed by atoms with Gasteiger partial charge in [-0.25, -0.2) is 8.42 Å². The molecule has 0 radical (unpaired) electrons. The van der Waals surface area contributed by atoms with E-state index >= 15 is 0 Å². The van der Waals surface area contributed by atoms with Gasteiger partial charge in [-0.1, -0.05) is 47.5 Å². The third kappa shape index (κ3) is 4.05. The number of nitrogens with zero attached hydrogens (tertiary/aromatic N) is 1. The SMILES string of the molecule is O=C(O)[C@H]1CCN(c2ccc(NS(=O)(=O)c3cc(Cl)cc(Cl)c3)c3ccccc23)C1. The van der Waals surface area contributed by atoms with Gasteiger partial charge >= 0.3 is 5.97 Å². The lowest BCUT2D eigenvalue weighted by atomic mass is 10.1. The van der Waals surface area contributed by atoms with E-state index in [0.29, 0.717) is 30.6 Å². The third-order valence-electron chi connectivity index (χ3n) is 5.17. The smallest absolute Gasteiger partial charge is 0.308 e. The van der Waals surface area contributed by atoms with Gasteiger partial charge in [-0.2, -0.15) is 0 Å². The quantitative estimate of drug-likeness (QED) is 0.562. The Morgan fingerprint density at radius 2 is 1.70 bits per heavy atom. The van der Waals surface area contributed by atoms with Crippen molar-refractivity contribution < 1.29 is 18.3 Å². The number of sulfonamides is 1. The van der Waals surface area contributed by atoms with Crippen molar-refractivity contribution in [2.24, 2.45) is 5.92 Å². The summed E-state index contributed by atoms with van der Waals surface area (Å²) >= 11 is 11.9. The van der Waals surface area contributed by atoms with Crippen LogP contribution in [-0.2, 0) is 14.8 Å². The lowest BCUT2D eigenvalue weighted by Gasteiger charge is -2.22. The number of anilines is 2. The van der Waals surface area contributed by atoms with Crippen LogP contribution in [0.15, 0.2) is 59.5 Å². The summed E-state index contributed by atoms with van der Waals surface area (Å²) in [6.45, 7) is 1.05. The van der Waals surface area contributed by atoms with Crippen LogP contribution >= 0.6 is 23.2 Å². The fourth-order valence-electron chi connectivity index (χ4n) is 3.72. The van der Waals surface area contributed by atoms with Gasteiger partial charge in [0, 0.05) is 39.6 Å². The molecular weight excluding hydrogens is 447 g/mol. The van der Waals surface area contributed by atoms with Gasteiger partial charge in [0.25, 0.3) is 10.0 Å². The van der Waals surface area contributed by atoms with Crippen molar-refractivity contribution >= 4 is 61.3 Å². The van der Waals surface area contributed by atoms with Crippen molar-refractivity contribution in [1.82, 2.24) is 0 Å². The number of nitrogens with one attached hydrogen (secondary N) is 1. The van der Waals surface area contributed by atoms with Crippen LogP contribution in [0.2, 0.25) is 10.0 Å². The second-order valence-corrected chi connectivity index (χ2v) is 9.71. The summed E-state index contributed by atoms with van der Waals surface area (Å²) in [6, 6.07) is 15.1. The summed E-state index contributed by atoms with van der Waals surface area (Å²) in [5.74, 6) is -1.21. The van der Waals surface area contributed by atoms with Gasteiger partial charge in [0.05, 0.1) is 16.5 Å². The minimum Gasteiger partial charge on any atom is -0.481 e. The number of carboxylic acid groups (broad SMARTS) is 1. The number of carboxylic acids is 1. The van der Waals surface area contributed by atoms with Crippen molar-refractivity contribution in [3.63, 3.8) is 0 Å². The molecule has 156 valence electrons. The Bertz CT molecular complexity index is 1230. The largest absolute Gasteiger partial charge is 0.481 e. The Labute approximate surface area is 184 Å². The molecule has 0 aliphatic carbocycles. The summed E-state index contributed by atoms with van der Waals surface area (Å²) < 4.78 is 28.4. The number of benzene rings is 3. The van der Waals surface area contributed by atoms with Gasteiger partial charge in [0.2, 0.25) is 0 Å². The van der Waals surface area contributed by atoms with Crippen molar-refractivity contribution in [3.05, 3.63) is 64.6 Å². The molecule has 0 bridgehead atoms. The number of halogens is 2. The molecular formula is C21H18Cl2N2O4S. The zero-order chi connectivity index (χ0) is 21.5. The van der Waals surface area contributed by atoms with E-state index < -0.39 is 21.9 Å². The average molecular weight is 465 g/mol. The number of carbonyl (C=O) groups is 1. The van der Waals surface area contributed by atoms with Crippen LogP contribution in [0.5, 0.6) is 0 Å². The van der Waals surface area contributed by atoms with Gasteiger partial charge in [-0.15, -0.1) is 0 Å². The molecule has 2 N–H and O–H groups in total. The second-order valence-electron chi connectivity index (χ2n) is 7.16. The second kappa shape index (κ2) is 7.98. The minimum atomic E-state index is -3.91. The molecule has 0 saturated carbocycles. The molecule has 0 unspecified atom stereocenters. The van der Waals surface area contributed by atoms with Crippen LogP contribution in [-0.4, -0.2) is 32.6 Å². The Hall–Kier alpha value is -2.48. The fraction of sp³-hybridized carbons (Fsp3) is 0.190. The Morgan fingerprint density at radius 1 is 1.03 bits per heavy atom. The van der Waals surface area contributed by atoms with E-state index in [1.165, 1.54) is 18.2 Å². The lowest BCUT2D eigenvalue weighted by molar-refractivity contribution is -0.140. The van der Waals surface area contributed by atoms with Crippen LogP contribution in [0.25, 0.3) is 10.8 Å². The third-order valence-corrected chi connectivity index (χ3v) is 6.95. The molecule has 9 heteroatoms. The average Bonchev–Trinajstić information content (AvgIpc) is 3.18. The van der Waals surface area contributed by atoms with Gasteiger partial charge in [-0.3, -0.25) is 9.52 Å². The van der Waals surface area contributed by atoms with E-state index in [-0.39, 0.29) is 14.9 Å². The molecule has 6 nitrogen and oxygen atoms in total. The van der Waals surface area contributed by atoms with E-state index in [9.17, 15) is 18.3 Å².